The van der Waals surface area contributed by atoms with Crippen LogP contribution in [0.25, 0.3) is 0 Å². The second-order valence-corrected chi connectivity index (χ2v) is 6.19. The van der Waals surface area contributed by atoms with Crippen LogP contribution in [0.2, 0.25) is 0 Å². The summed E-state index contributed by atoms with van der Waals surface area (Å²) in [5.41, 5.74) is 1.13. The zero-order chi connectivity index (χ0) is 14.2. The first-order valence-electron chi connectivity index (χ1n) is 6.56. The van der Waals surface area contributed by atoms with Gasteiger partial charge >= 0.3 is 0 Å². The summed E-state index contributed by atoms with van der Waals surface area (Å²) in [6.45, 7) is 2.89. The van der Waals surface area contributed by atoms with E-state index in [4.69, 9.17) is 9.47 Å². The highest BCUT2D eigenvalue weighted by atomic mass is 127. The fourth-order valence-corrected chi connectivity index (χ4v) is 3.63. The normalized spacial score (nSPS) is 21.4. The molecule has 1 aromatic rings. The largest absolute Gasteiger partial charge is 0.365 e. The van der Waals surface area contributed by atoms with Gasteiger partial charge in [-0.1, -0.05) is 0 Å². The van der Waals surface area contributed by atoms with E-state index in [-0.39, 0.29) is 10.6 Å². The molecule has 0 atom stereocenters. The van der Waals surface area contributed by atoms with E-state index in [9.17, 15) is 10.1 Å². The lowest BCUT2D eigenvalue weighted by Gasteiger charge is -2.40. The predicted molar refractivity (Wildman–Crippen MR) is 81.9 cm³/mol. The maximum atomic E-state index is 10.8. The minimum Gasteiger partial charge on any atom is -0.365 e. The van der Waals surface area contributed by atoms with Crippen LogP contribution in [0, 0.1) is 13.7 Å². The molecule has 3 rings (SSSR count). The molecule has 2 aliphatic heterocycles. The lowest BCUT2D eigenvalue weighted by molar-refractivity contribution is -0.384. The van der Waals surface area contributed by atoms with Gasteiger partial charge in [-0.3, -0.25) is 10.1 Å². The molecule has 7 heteroatoms. The van der Waals surface area contributed by atoms with Crippen LogP contribution in [0.4, 0.5) is 11.4 Å². The molecule has 2 fully saturated rings. The third-order valence-electron chi connectivity index (χ3n) is 3.71. The van der Waals surface area contributed by atoms with Gasteiger partial charge in [0.15, 0.2) is 5.79 Å². The SMILES string of the molecule is O=[N+]([O-])c1ccc(N2CCCC3(C2)OCCO3)c(I)c1. The highest BCUT2D eigenvalue weighted by molar-refractivity contribution is 14.1. The molecule has 1 spiro atoms. The van der Waals surface area contributed by atoms with Crippen molar-refractivity contribution in [2.75, 3.05) is 31.2 Å². The molecule has 2 aliphatic rings. The van der Waals surface area contributed by atoms with Crippen LogP contribution >= 0.6 is 22.6 Å². The second-order valence-electron chi connectivity index (χ2n) is 5.03. The third-order valence-corrected chi connectivity index (χ3v) is 4.58. The van der Waals surface area contributed by atoms with Crippen LogP contribution in [-0.2, 0) is 9.47 Å². The van der Waals surface area contributed by atoms with Gasteiger partial charge in [0.2, 0.25) is 0 Å². The van der Waals surface area contributed by atoms with Gasteiger partial charge in [-0.05, 0) is 35.1 Å². The molecule has 0 radical (unpaired) electrons. The second kappa shape index (κ2) is 5.45. The van der Waals surface area contributed by atoms with Crippen LogP contribution in [0.3, 0.4) is 0 Å². The molecule has 0 N–H and O–H groups in total. The molecule has 0 aliphatic carbocycles. The van der Waals surface area contributed by atoms with Crippen LogP contribution in [0.15, 0.2) is 18.2 Å². The Labute approximate surface area is 130 Å². The lowest BCUT2D eigenvalue weighted by atomic mass is 10.0. The fraction of sp³-hybridized carbons (Fsp3) is 0.538. The summed E-state index contributed by atoms with van der Waals surface area (Å²) in [7, 11) is 0. The molecule has 0 unspecified atom stereocenters. The number of ether oxygens (including phenoxy) is 2. The zero-order valence-corrected chi connectivity index (χ0v) is 13.0. The molecule has 0 amide bonds. The monoisotopic (exact) mass is 390 g/mol. The number of nitrogens with zero attached hydrogens (tertiary/aromatic N) is 2. The van der Waals surface area contributed by atoms with Crippen molar-refractivity contribution in [3.63, 3.8) is 0 Å². The molecule has 0 bridgehead atoms. The van der Waals surface area contributed by atoms with E-state index in [1.807, 2.05) is 6.07 Å². The van der Waals surface area contributed by atoms with E-state index >= 15 is 0 Å². The first-order chi connectivity index (χ1) is 9.60. The van der Waals surface area contributed by atoms with Gasteiger partial charge in [-0.25, -0.2) is 0 Å². The quantitative estimate of drug-likeness (QED) is 0.441. The topological polar surface area (TPSA) is 64.8 Å². The highest BCUT2D eigenvalue weighted by Crippen LogP contribution is 2.35. The molecule has 108 valence electrons. The van der Waals surface area contributed by atoms with Crippen LogP contribution in [0.1, 0.15) is 12.8 Å². The molecular weight excluding hydrogens is 375 g/mol. The third kappa shape index (κ3) is 2.61. The van der Waals surface area contributed by atoms with Gasteiger partial charge < -0.3 is 14.4 Å². The molecule has 0 saturated carbocycles. The number of nitro groups is 1. The van der Waals surface area contributed by atoms with Crippen molar-refractivity contribution < 1.29 is 14.4 Å². The Hall–Kier alpha value is -0.930. The Kier molecular flexibility index (Phi) is 3.83. The van der Waals surface area contributed by atoms with E-state index in [1.165, 1.54) is 0 Å². The number of piperidine rings is 1. The van der Waals surface area contributed by atoms with E-state index < -0.39 is 5.79 Å². The maximum Gasteiger partial charge on any atom is 0.270 e. The minimum absolute atomic E-state index is 0.123. The van der Waals surface area contributed by atoms with Crippen molar-refractivity contribution >= 4 is 34.0 Å². The smallest absolute Gasteiger partial charge is 0.270 e. The van der Waals surface area contributed by atoms with E-state index in [2.05, 4.69) is 27.5 Å². The predicted octanol–water partition coefficient (Wildman–Crippen LogP) is 2.54. The van der Waals surface area contributed by atoms with Gasteiger partial charge in [0.05, 0.1) is 30.4 Å². The van der Waals surface area contributed by atoms with Crippen molar-refractivity contribution in [1.82, 2.24) is 0 Å². The number of rotatable bonds is 2. The van der Waals surface area contributed by atoms with Gasteiger partial charge in [-0.2, -0.15) is 0 Å². The Morgan fingerprint density at radius 1 is 1.35 bits per heavy atom. The Morgan fingerprint density at radius 2 is 2.10 bits per heavy atom. The van der Waals surface area contributed by atoms with Gasteiger partial charge in [0, 0.05) is 28.7 Å². The molecule has 20 heavy (non-hydrogen) atoms. The van der Waals surface area contributed by atoms with E-state index in [0.717, 1.165) is 28.6 Å². The summed E-state index contributed by atoms with van der Waals surface area (Å²) in [6, 6.07) is 4.97. The average Bonchev–Trinajstić information content (AvgIpc) is 2.86. The van der Waals surface area contributed by atoms with Crippen LogP contribution < -0.4 is 4.90 Å². The van der Waals surface area contributed by atoms with Crippen molar-refractivity contribution in [1.29, 1.82) is 0 Å². The standard InChI is InChI=1S/C13H15IN2O4/c14-11-8-10(16(17)18)2-3-12(11)15-5-1-4-13(9-15)19-6-7-20-13/h2-3,8H,1,4-7,9H2. The lowest BCUT2D eigenvalue weighted by Crippen LogP contribution is -2.49. The van der Waals surface area contributed by atoms with Crippen molar-refractivity contribution in [3.05, 3.63) is 31.9 Å². The summed E-state index contributed by atoms with van der Waals surface area (Å²) in [6.07, 6.45) is 1.90. The molecular formula is C13H15IN2O4. The first kappa shape index (κ1) is 14.0. The van der Waals surface area contributed by atoms with Gasteiger partial charge in [0.25, 0.3) is 5.69 Å². The number of hydrogen-bond donors (Lipinski definition) is 0. The molecule has 0 aromatic heterocycles. The van der Waals surface area contributed by atoms with Crippen molar-refractivity contribution in [3.8, 4) is 0 Å². The Morgan fingerprint density at radius 3 is 2.75 bits per heavy atom. The van der Waals surface area contributed by atoms with Crippen LogP contribution in [-0.4, -0.2) is 37.0 Å². The van der Waals surface area contributed by atoms with Crippen molar-refractivity contribution in [2.24, 2.45) is 0 Å². The number of hydrogen-bond acceptors (Lipinski definition) is 5. The molecule has 1 aromatic carbocycles. The number of benzene rings is 1. The number of non-ortho nitro benzene ring substituents is 1. The van der Waals surface area contributed by atoms with E-state index in [0.29, 0.717) is 19.8 Å². The summed E-state index contributed by atoms with van der Waals surface area (Å²) in [5.74, 6) is -0.483. The molecule has 2 heterocycles. The summed E-state index contributed by atoms with van der Waals surface area (Å²) in [4.78, 5) is 12.6. The van der Waals surface area contributed by atoms with Crippen molar-refractivity contribution in [2.45, 2.75) is 18.6 Å². The Bertz CT molecular complexity index is 531. The van der Waals surface area contributed by atoms with Gasteiger partial charge in [0.1, 0.15) is 0 Å². The number of anilines is 1. The zero-order valence-electron chi connectivity index (χ0n) is 10.9. The molecule has 2 saturated heterocycles. The van der Waals surface area contributed by atoms with E-state index in [1.54, 1.807) is 12.1 Å². The summed E-state index contributed by atoms with van der Waals surface area (Å²) in [5, 5.41) is 10.8. The first-order valence-corrected chi connectivity index (χ1v) is 7.64. The Balaban J connectivity index is 1.83. The summed E-state index contributed by atoms with van der Waals surface area (Å²) >= 11 is 2.15. The van der Waals surface area contributed by atoms with Crippen LogP contribution in [0.5, 0.6) is 0 Å². The fourth-order valence-electron chi connectivity index (χ4n) is 2.79. The van der Waals surface area contributed by atoms with Gasteiger partial charge in [-0.15, -0.1) is 0 Å². The highest BCUT2D eigenvalue weighted by Gasteiger charge is 2.41. The maximum absolute atomic E-state index is 10.8. The number of nitro benzene ring substituents is 1. The number of halogens is 1. The minimum atomic E-state index is -0.483. The average molecular weight is 390 g/mol. The summed E-state index contributed by atoms with van der Waals surface area (Å²) < 4.78 is 12.4. The molecule has 6 nitrogen and oxygen atoms in total.